The van der Waals surface area contributed by atoms with Gasteiger partial charge in [-0.1, -0.05) is 13.3 Å². The molecule has 0 aromatic rings. The normalized spacial score (nSPS) is 41.6. The van der Waals surface area contributed by atoms with Crippen LogP contribution in [0.15, 0.2) is 0 Å². The molecule has 2 rings (SSSR count). The van der Waals surface area contributed by atoms with E-state index in [1.807, 2.05) is 0 Å². The highest BCUT2D eigenvalue weighted by atomic mass is 16.5. The van der Waals surface area contributed by atoms with E-state index in [9.17, 15) is 0 Å². The number of nitrogens with zero attached hydrogens (tertiary/aromatic N) is 1. The third-order valence-corrected chi connectivity index (χ3v) is 4.21. The van der Waals surface area contributed by atoms with Crippen molar-refractivity contribution in [2.45, 2.75) is 44.9 Å². The van der Waals surface area contributed by atoms with Gasteiger partial charge in [-0.05, 0) is 32.9 Å². The van der Waals surface area contributed by atoms with Gasteiger partial charge in [-0.25, -0.2) is 0 Å². The summed E-state index contributed by atoms with van der Waals surface area (Å²) in [5, 5.41) is 3.51. The fourth-order valence-electron chi connectivity index (χ4n) is 3.11. The van der Waals surface area contributed by atoms with Crippen molar-refractivity contribution in [2.24, 2.45) is 5.92 Å². The molecular weight excluding hydrogens is 188 g/mol. The van der Waals surface area contributed by atoms with Crippen LogP contribution in [0.25, 0.3) is 0 Å². The summed E-state index contributed by atoms with van der Waals surface area (Å²) in [5.74, 6) is 0.822. The molecule has 0 radical (unpaired) electrons. The fourth-order valence-corrected chi connectivity index (χ4v) is 3.11. The maximum absolute atomic E-state index is 5.65. The molecule has 3 nitrogen and oxygen atoms in total. The van der Waals surface area contributed by atoms with Gasteiger partial charge in [-0.3, -0.25) is 4.90 Å². The van der Waals surface area contributed by atoms with Gasteiger partial charge < -0.3 is 10.1 Å². The standard InChI is InChI=1S/C12H24N2O/c1-4-10-7-13-8-12(10)14(3)11-5-6-15-9(11)2/h9-13H,4-8H2,1-3H3. The minimum absolute atomic E-state index is 0.410. The third-order valence-electron chi connectivity index (χ3n) is 4.21. The maximum atomic E-state index is 5.65. The van der Waals surface area contributed by atoms with Crippen LogP contribution in [-0.4, -0.2) is 49.8 Å². The van der Waals surface area contributed by atoms with Crippen LogP contribution in [0.1, 0.15) is 26.7 Å². The van der Waals surface area contributed by atoms with Gasteiger partial charge in [0.1, 0.15) is 0 Å². The number of likely N-dealkylation sites (N-methyl/N-ethyl adjacent to an activating group) is 1. The number of hydrogen-bond donors (Lipinski definition) is 1. The molecule has 3 heteroatoms. The molecule has 2 aliphatic heterocycles. The molecule has 4 atom stereocenters. The van der Waals surface area contributed by atoms with Crippen molar-refractivity contribution < 1.29 is 4.74 Å². The molecule has 15 heavy (non-hydrogen) atoms. The molecule has 0 saturated carbocycles. The van der Waals surface area contributed by atoms with Crippen molar-refractivity contribution >= 4 is 0 Å². The van der Waals surface area contributed by atoms with Crippen LogP contribution < -0.4 is 5.32 Å². The van der Waals surface area contributed by atoms with Crippen LogP contribution in [0, 0.1) is 5.92 Å². The van der Waals surface area contributed by atoms with E-state index in [4.69, 9.17) is 4.74 Å². The molecule has 0 aliphatic carbocycles. The van der Waals surface area contributed by atoms with Gasteiger partial charge in [-0.2, -0.15) is 0 Å². The summed E-state index contributed by atoms with van der Waals surface area (Å²) in [7, 11) is 2.27. The quantitative estimate of drug-likeness (QED) is 0.758. The lowest BCUT2D eigenvalue weighted by Crippen LogP contribution is -2.47. The zero-order valence-electron chi connectivity index (χ0n) is 10.2. The van der Waals surface area contributed by atoms with Gasteiger partial charge in [0.15, 0.2) is 0 Å². The van der Waals surface area contributed by atoms with Crippen molar-refractivity contribution in [2.75, 3.05) is 26.7 Å². The van der Waals surface area contributed by atoms with E-state index >= 15 is 0 Å². The Balaban J connectivity index is 1.97. The van der Waals surface area contributed by atoms with E-state index in [1.54, 1.807) is 0 Å². The van der Waals surface area contributed by atoms with E-state index in [1.165, 1.54) is 19.4 Å². The van der Waals surface area contributed by atoms with E-state index in [0.717, 1.165) is 19.1 Å². The summed E-state index contributed by atoms with van der Waals surface area (Å²) < 4.78 is 5.65. The summed E-state index contributed by atoms with van der Waals surface area (Å²) in [6, 6.07) is 1.34. The van der Waals surface area contributed by atoms with E-state index in [-0.39, 0.29) is 0 Å². The average molecular weight is 212 g/mol. The topological polar surface area (TPSA) is 24.5 Å². The Kier molecular flexibility index (Phi) is 3.65. The summed E-state index contributed by atoms with van der Waals surface area (Å²) >= 11 is 0. The number of nitrogens with one attached hydrogen (secondary N) is 1. The lowest BCUT2D eigenvalue weighted by atomic mass is 9.97. The Hall–Kier alpha value is -0.120. The number of ether oxygens (including phenoxy) is 1. The number of rotatable bonds is 3. The Labute approximate surface area is 93.2 Å². The fraction of sp³-hybridized carbons (Fsp3) is 1.00. The lowest BCUT2D eigenvalue weighted by Gasteiger charge is -2.34. The molecule has 0 aromatic heterocycles. The molecule has 0 spiro atoms. The molecule has 2 heterocycles. The molecule has 0 bridgehead atoms. The Morgan fingerprint density at radius 2 is 2.13 bits per heavy atom. The SMILES string of the molecule is CCC1CNCC1N(C)C1CCOC1C. The molecular formula is C12H24N2O. The van der Waals surface area contributed by atoms with Crippen molar-refractivity contribution in [1.82, 2.24) is 10.2 Å². The summed E-state index contributed by atoms with van der Waals surface area (Å²) in [6.45, 7) is 7.78. The van der Waals surface area contributed by atoms with Crippen LogP contribution in [0.4, 0.5) is 0 Å². The predicted molar refractivity (Wildman–Crippen MR) is 62.0 cm³/mol. The summed E-state index contributed by atoms with van der Waals surface area (Å²) in [4.78, 5) is 2.56. The van der Waals surface area contributed by atoms with Crippen molar-refractivity contribution in [3.05, 3.63) is 0 Å². The van der Waals surface area contributed by atoms with Gasteiger partial charge in [0.05, 0.1) is 6.10 Å². The first kappa shape index (κ1) is 11.4. The van der Waals surface area contributed by atoms with Crippen LogP contribution in [0.2, 0.25) is 0 Å². The van der Waals surface area contributed by atoms with Crippen LogP contribution in [0.3, 0.4) is 0 Å². The second kappa shape index (κ2) is 4.81. The highest BCUT2D eigenvalue weighted by molar-refractivity contribution is 4.92. The van der Waals surface area contributed by atoms with Crippen molar-refractivity contribution in [3.8, 4) is 0 Å². The summed E-state index contributed by atoms with van der Waals surface area (Å²) in [6.07, 6.45) is 2.89. The van der Waals surface area contributed by atoms with Crippen molar-refractivity contribution in [3.63, 3.8) is 0 Å². The maximum Gasteiger partial charge on any atom is 0.0703 e. The second-order valence-electron chi connectivity index (χ2n) is 4.99. The molecule has 2 fully saturated rings. The zero-order valence-corrected chi connectivity index (χ0v) is 10.2. The Morgan fingerprint density at radius 1 is 1.33 bits per heavy atom. The lowest BCUT2D eigenvalue weighted by molar-refractivity contribution is 0.0618. The molecule has 1 N–H and O–H groups in total. The highest BCUT2D eigenvalue weighted by Gasteiger charge is 2.36. The van der Waals surface area contributed by atoms with E-state index in [0.29, 0.717) is 18.2 Å². The largest absolute Gasteiger partial charge is 0.377 e. The van der Waals surface area contributed by atoms with Gasteiger partial charge in [0, 0.05) is 25.2 Å². The van der Waals surface area contributed by atoms with E-state index < -0.39 is 0 Å². The van der Waals surface area contributed by atoms with Crippen LogP contribution in [0.5, 0.6) is 0 Å². The monoisotopic (exact) mass is 212 g/mol. The smallest absolute Gasteiger partial charge is 0.0703 e. The Morgan fingerprint density at radius 3 is 2.73 bits per heavy atom. The number of hydrogen-bond acceptors (Lipinski definition) is 3. The van der Waals surface area contributed by atoms with Gasteiger partial charge in [0.25, 0.3) is 0 Å². The molecule has 2 saturated heterocycles. The first-order valence-corrected chi connectivity index (χ1v) is 6.28. The first-order chi connectivity index (χ1) is 7.24. The highest BCUT2D eigenvalue weighted by Crippen LogP contribution is 2.25. The minimum Gasteiger partial charge on any atom is -0.377 e. The molecule has 2 aliphatic rings. The predicted octanol–water partition coefficient (Wildman–Crippen LogP) is 1.09. The van der Waals surface area contributed by atoms with Gasteiger partial charge in [-0.15, -0.1) is 0 Å². The molecule has 88 valence electrons. The second-order valence-corrected chi connectivity index (χ2v) is 4.99. The Bertz CT molecular complexity index is 210. The zero-order chi connectivity index (χ0) is 10.8. The van der Waals surface area contributed by atoms with Gasteiger partial charge in [0.2, 0.25) is 0 Å². The van der Waals surface area contributed by atoms with Gasteiger partial charge >= 0.3 is 0 Å². The van der Waals surface area contributed by atoms with Crippen LogP contribution >= 0.6 is 0 Å². The van der Waals surface area contributed by atoms with Crippen molar-refractivity contribution in [1.29, 1.82) is 0 Å². The first-order valence-electron chi connectivity index (χ1n) is 6.28. The third kappa shape index (κ3) is 2.19. The van der Waals surface area contributed by atoms with Crippen LogP contribution in [-0.2, 0) is 4.74 Å². The minimum atomic E-state index is 0.410. The summed E-state index contributed by atoms with van der Waals surface area (Å²) in [5.41, 5.74) is 0. The van der Waals surface area contributed by atoms with E-state index in [2.05, 4.69) is 31.1 Å². The molecule has 0 amide bonds. The molecule has 4 unspecified atom stereocenters. The average Bonchev–Trinajstić information content (AvgIpc) is 2.84. The molecule has 0 aromatic carbocycles.